The van der Waals surface area contributed by atoms with E-state index in [9.17, 15) is 5.11 Å². The van der Waals surface area contributed by atoms with Gasteiger partial charge in [0.2, 0.25) is 0 Å². The van der Waals surface area contributed by atoms with E-state index in [1.54, 1.807) is 0 Å². The molecule has 122 valence electrons. The van der Waals surface area contributed by atoms with E-state index in [4.69, 9.17) is 4.98 Å². The molecule has 0 amide bonds. The first-order valence-electron chi connectivity index (χ1n) is 8.19. The quantitative estimate of drug-likeness (QED) is 0.924. The van der Waals surface area contributed by atoms with Crippen molar-refractivity contribution in [2.24, 2.45) is 0 Å². The molecule has 0 spiro atoms. The van der Waals surface area contributed by atoms with E-state index in [1.165, 1.54) is 11.3 Å². The van der Waals surface area contributed by atoms with Gasteiger partial charge in [-0.2, -0.15) is 0 Å². The Hall–Kier alpha value is -1.94. The van der Waals surface area contributed by atoms with E-state index in [2.05, 4.69) is 30.7 Å². The highest BCUT2D eigenvalue weighted by Crippen LogP contribution is 2.26. The molecule has 0 saturated heterocycles. The van der Waals surface area contributed by atoms with Gasteiger partial charge in [-0.3, -0.25) is 4.90 Å². The molecule has 0 atom stereocenters. The van der Waals surface area contributed by atoms with Crippen molar-refractivity contribution in [1.82, 2.24) is 14.9 Å². The van der Waals surface area contributed by atoms with Crippen LogP contribution in [0.3, 0.4) is 0 Å². The second-order valence-corrected chi connectivity index (χ2v) is 7.46. The minimum Gasteiger partial charge on any atom is -0.507 e. The highest BCUT2D eigenvalue weighted by Gasteiger charge is 2.23. The number of hydrogen-bond donors (Lipinski definition) is 1. The molecular formula is C19H25N3O. The molecule has 0 fully saturated rings. The van der Waals surface area contributed by atoms with Gasteiger partial charge in [-0.05, 0) is 12.5 Å². The molecule has 2 heterocycles. The Balaban J connectivity index is 1.77. The summed E-state index contributed by atoms with van der Waals surface area (Å²) in [7, 11) is 0. The Morgan fingerprint density at radius 3 is 2.78 bits per heavy atom. The normalized spacial score (nSPS) is 15.5. The van der Waals surface area contributed by atoms with Crippen LogP contribution >= 0.6 is 0 Å². The summed E-state index contributed by atoms with van der Waals surface area (Å²) in [6, 6.07) is 5.93. The first-order valence-corrected chi connectivity index (χ1v) is 8.19. The molecule has 0 aliphatic carbocycles. The Morgan fingerprint density at radius 1 is 1.26 bits per heavy atom. The number of aryl methyl sites for hydroxylation is 1. The van der Waals surface area contributed by atoms with Crippen molar-refractivity contribution in [3.8, 4) is 5.75 Å². The van der Waals surface area contributed by atoms with Gasteiger partial charge in [0.25, 0.3) is 0 Å². The molecule has 0 bridgehead atoms. The zero-order valence-electron chi connectivity index (χ0n) is 14.4. The Morgan fingerprint density at radius 2 is 2.04 bits per heavy atom. The summed E-state index contributed by atoms with van der Waals surface area (Å²) in [5.41, 5.74) is 4.28. The van der Waals surface area contributed by atoms with Gasteiger partial charge in [0.1, 0.15) is 11.6 Å². The fourth-order valence-corrected chi connectivity index (χ4v) is 2.96. The molecule has 1 aromatic carbocycles. The van der Waals surface area contributed by atoms with Gasteiger partial charge in [-0.15, -0.1) is 0 Å². The summed E-state index contributed by atoms with van der Waals surface area (Å²) in [6.45, 7) is 10.9. The van der Waals surface area contributed by atoms with Crippen LogP contribution in [-0.2, 0) is 24.9 Å². The number of phenolic OH excluding ortho intramolecular Hbond substituents is 1. The van der Waals surface area contributed by atoms with E-state index in [1.807, 2.05) is 31.3 Å². The Kier molecular flexibility index (Phi) is 4.11. The maximum absolute atomic E-state index is 10.2. The molecule has 3 rings (SSSR count). The lowest BCUT2D eigenvalue weighted by molar-refractivity contribution is 0.239. The third-order valence-electron chi connectivity index (χ3n) is 4.40. The molecular weight excluding hydrogens is 286 g/mol. The minimum atomic E-state index is -0.0144. The van der Waals surface area contributed by atoms with Crippen molar-refractivity contribution in [1.29, 1.82) is 0 Å². The number of aromatic hydroxyl groups is 1. The first kappa shape index (κ1) is 15.9. The van der Waals surface area contributed by atoms with E-state index in [-0.39, 0.29) is 5.41 Å². The van der Waals surface area contributed by atoms with Crippen molar-refractivity contribution in [3.63, 3.8) is 0 Å². The molecule has 0 unspecified atom stereocenters. The number of nitrogens with zero attached hydrogens (tertiary/aromatic N) is 3. The topological polar surface area (TPSA) is 49.2 Å². The third kappa shape index (κ3) is 3.37. The average molecular weight is 311 g/mol. The van der Waals surface area contributed by atoms with Gasteiger partial charge >= 0.3 is 0 Å². The standard InChI is InChI=1S/C19H25N3O/c1-13-6-5-7-14(17(13)23)11-22-9-8-16-15(12-22)10-20-18(21-16)19(2,3)4/h5-7,10,23H,8-9,11-12H2,1-4H3. The van der Waals surface area contributed by atoms with Crippen LogP contribution in [0.2, 0.25) is 0 Å². The summed E-state index contributed by atoms with van der Waals surface area (Å²) in [5.74, 6) is 1.33. The number of rotatable bonds is 2. The molecule has 1 aliphatic rings. The molecule has 1 N–H and O–H groups in total. The maximum Gasteiger partial charge on any atom is 0.133 e. The first-order chi connectivity index (χ1) is 10.8. The van der Waals surface area contributed by atoms with E-state index < -0.39 is 0 Å². The van der Waals surface area contributed by atoms with Gasteiger partial charge in [0.15, 0.2) is 0 Å². The summed E-state index contributed by atoms with van der Waals surface area (Å²) in [4.78, 5) is 11.7. The molecule has 0 radical (unpaired) electrons. The number of aromatic nitrogens is 2. The van der Waals surface area contributed by atoms with Gasteiger partial charge in [0, 0.05) is 54.5 Å². The second kappa shape index (κ2) is 5.93. The van der Waals surface area contributed by atoms with Gasteiger partial charge in [-0.25, -0.2) is 9.97 Å². The number of fused-ring (bicyclic) bond motifs is 1. The van der Waals surface area contributed by atoms with Gasteiger partial charge < -0.3 is 5.11 Å². The van der Waals surface area contributed by atoms with Crippen LogP contribution in [0.5, 0.6) is 5.75 Å². The lowest BCUT2D eigenvalue weighted by atomic mass is 9.95. The molecule has 0 saturated carbocycles. The number of para-hydroxylation sites is 1. The van der Waals surface area contributed by atoms with Crippen LogP contribution in [0.15, 0.2) is 24.4 Å². The summed E-state index contributed by atoms with van der Waals surface area (Å²) >= 11 is 0. The Labute approximate surface area is 138 Å². The monoisotopic (exact) mass is 311 g/mol. The lowest BCUT2D eigenvalue weighted by Gasteiger charge is -2.29. The predicted molar refractivity (Wildman–Crippen MR) is 91.4 cm³/mol. The fraction of sp³-hybridized carbons (Fsp3) is 0.474. The smallest absolute Gasteiger partial charge is 0.133 e. The van der Waals surface area contributed by atoms with Crippen LogP contribution < -0.4 is 0 Å². The fourth-order valence-electron chi connectivity index (χ4n) is 2.96. The van der Waals surface area contributed by atoms with E-state index in [0.29, 0.717) is 5.75 Å². The summed E-state index contributed by atoms with van der Waals surface area (Å²) in [5, 5.41) is 10.2. The van der Waals surface area contributed by atoms with Crippen LogP contribution in [0.25, 0.3) is 0 Å². The van der Waals surface area contributed by atoms with Crippen molar-refractivity contribution < 1.29 is 5.11 Å². The summed E-state index contributed by atoms with van der Waals surface area (Å²) in [6.07, 6.45) is 2.92. The van der Waals surface area contributed by atoms with Crippen LogP contribution in [-0.4, -0.2) is 26.5 Å². The third-order valence-corrected chi connectivity index (χ3v) is 4.40. The number of benzene rings is 1. The van der Waals surface area contributed by atoms with Gasteiger partial charge in [-0.1, -0.05) is 39.0 Å². The van der Waals surface area contributed by atoms with Crippen LogP contribution in [0.1, 0.15) is 49.0 Å². The second-order valence-electron chi connectivity index (χ2n) is 7.46. The highest BCUT2D eigenvalue weighted by atomic mass is 16.3. The minimum absolute atomic E-state index is 0.0144. The SMILES string of the molecule is Cc1cccc(CN2CCc3nc(C(C)(C)C)ncc3C2)c1O. The van der Waals surface area contributed by atoms with Crippen LogP contribution in [0.4, 0.5) is 0 Å². The summed E-state index contributed by atoms with van der Waals surface area (Å²) < 4.78 is 0. The lowest BCUT2D eigenvalue weighted by Crippen LogP contribution is -2.32. The highest BCUT2D eigenvalue weighted by molar-refractivity contribution is 5.39. The zero-order chi connectivity index (χ0) is 16.6. The van der Waals surface area contributed by atoms with Crippen molar-refractivity contribution in [2.75, 3.05) is 6.54 Å². The number of hydrogen-bond acceptors (Lipinski definition) is 4. The van der Waals surface area contributed by atoms with E-state index in [0.717, 1.165) is 43.0 Å². The van der Waals surface area contributed by atoms with Crippen LogP contribution in [0, 0.1) is 6.92 Å². The molecule has 1 aromatic heterocycles. The maximum atomic E-state index is 10.2. The zero-order valence-corrected chi connectivity index (χ0v) is 14.4. The van der Waals surface area contributed by atoms with Crippen molar-refractivity contribution in [2.45, 2.75) is 52.6 Å². The predicted octanol–water partition coefficient (Wildman–Crippen LogP) is 3.35. The number of phenols is 1. The molecule has 2 aromatic rings. The molecule has 4 nitrogen and oxygen atoms in total. The largest absolute Gasteiger partial charge is 0.507 e. The molecule has 1 aliphatic heterocycles. The van der Waals surface area contributed by atoms with E-state index >= 15 is 0 Å². The Bertz CT molecular complexity index is 719. The molecule has 4 heteroatoms. The average Bonchev–Trinajstić information content (AvgIpc) is 2.50. The van der Waals surface area contributed by atoms with Crippen molar-refractivity contribution >= 4 is 0 Å². The molecule has 23 heavy (non-hydrogen) atoms. The van der Waals surface area contributed by atoms with Gasteiger partial charge in [0.05, 0.1) is 0 Å². The van der Waals surface area contributed by atoms with Crippen molar-refractivity contribution in [3.05, 3.63) is 52.6 Å².